The van der Waals surface area contributed by atoms with Crippen LogP contribution in [0.4, 0.5) is 0 Å². The first kappa shape index (κ1) is 29.4. The smallest absolute Gasteiger partial charge is 0.323 e. The molecule has 0 bridgehead atoms. The monoisotopic (exact) mass is 569 g/mol. The number of nitrogens with zero attached hydrogens (tertiary/aromatic N) is 3. The minimum Gasteiger partial charge on any atom is -0.618 e. The fourth-order valence-corrected chi connectivity index (χ4v) is 6.60. The van der Waals surface area contributed by atoms with Crippen molar-refractivity contribution in [1.29, 1.82) is 0 Å². The van der Waals surface area contributed by atoms with Gasteiger partial charge in [0, 0.05) is 30.1 Å². The van der Waals surface area contributed by atoms with Crippen molar-refractivity contribution in [2.75, 3.05) is 6.54 Å². The lowest BCUT2D eigenvalue weighted by Crippen LogP contribution is -2.54. The fourth-order valence-electron chi connectivity index (χ4n) is 4.90. The number of aliphatic hydroxyl groups is 1. The first-order valence-corrected chi connectivity index (χ1v) is 14.8. The van der Waals surface area contributed by atoms with Crippen molar-refractivity contribution in [3.63, 3.8) is 0 Å². The summed E-state index contributed by atoms with van der Waals surface area (Å²) in [4.78, 5) is 30.8. The summed E-state index contributed by atoms with van der Waals surface area (Å²) in [6, 6.07) is 12.7. The van der Waals surface area contributed by atoms with E-state index >= 15 is 0 Å². The molecule has 2 aromatic heterocycles. The summed E-state index contributed by atoms with van der Waals surface area (Å²) < 4.78 is 27.9. The van der Waals surface area contributed by atoms with Crippen molar-refractivity contribution in [1.82, 2.24) is 19.9 Å². The number of nitrogens with one attached hydrogen (secondary N) is 2. The van der Waals surface area contributed by atoms with E-state index in [0.717, 1.165) is 15.9 Å². The molecule has 2 amide bonds. The molecule has 12 heteroatoms. The zero-order valence-corrected chi connectivity index (χ0v) is 23.5. The zero-order chi connectivity index (χ0) is 29.0. The van der Waals surface area contributed by atoms with E-state index in [1.807, 2.05) is 32.0 Å². The van der Waals surface area contributed by atoms with Crippen LogP contribution in [-0.4, -0.2) is 65.4 Å². The van der Waals surface area contributed by atoms with Crippen molar-refractivity contribution >= 4 is 32.7 Å². The number of para-hydroxylation sites is 1. The molecule has 11 nitrogen and oxygen atoms in total. The molecule has 0 radical (unpaired) electrons. The molecule has 1 fully saturated rings. The number of β-amino-alcohol motifs (C(OH)–C–C–N with tert-alkyl or cyclic N) is 1. The number of carbonyl (C=O) groups excluding carboxylic acids is 2. The van der Waals surface area contributed by atoms with Gasteiger partial charge in [-0.25, -0.2) is 13.4 Å². The zero-order valence-electron chi connectivity index (χ0n) is 22.7. The van der Waals surface area contributed by atoms with Gasteiger partial charge >= 0.3 is 15.0 Å². The van der Waals surface area contributed by atoms with Gasteiger partial charge in [-0.1, -0.05) is 38.1 Å². The topological polar surface area (TPSA) is 156 Å². The predicted molar refractivity (Wildman–Crippen MR) is 148 cm³/mol. The SMILES string of the molecule is CC(C)C[C@H](NC(=O)c1ccc2ccccc2n1)C(=O)N[C@H]1CC[C@@H](C)N(S(=O)(=O)c2cccc[n+]2[O-])C[C@@H]1O. The summed E-state index contributed by atoms with van der Waals surface area (Å²) >= 11 is 0. The molecule has 3 N–H and O–H groups in total. The van der Waals surface area contributed by atoms with Gasteiger partial charge in [-0.15, -0.1) is 0 Å². The Balaban J connectivity index is 1.48. The van der Waals surface area contributed by atoms with Gasteiger partial charge < -0.3 is 20.9 Å². The Kier molecular flexibility index (Phi) is 9.02. The number of pyridine rings is 2. The van der Waals surface area contributed by atoms with E-state index in [1.54, 1.807) is 25.1 Å². The van der Waals surface area contributed by atoms with Crippen LogP contribution in [0.3, 0.4) is 0 Å². The number of aliphatic hydroxyl groups excluding tert-OH is 1. The lowest BCUT2D eigenvalue weighted by atomic mass is 10.0. The number of benzene rings is 1. The molecule has 1 aliphatic heterocycles. The molecule has 0 unspecified atom stereocenters. The maximum Gasteiger partial charge on any atom is 0.323 e. The fraction of sp³-hybridized carbons (Fsp3) is 0.429. The normalized spacial score (nSPS) is 21.1. The highest BCUT2D eigenvalue weighted by Gasteiger charge is 2.40. The molecule has 3 heterocycles. The number of fused-ring (bicyclic) bond motifs is 1. The molecule has 4 rings (SSSR count). The Morgan fingerprint density at radius 2 is 1.85 bits per heavy atom. The number of carbonyl (C=O) groups is 2. The molecule has 1 aromatic carbocycles. The highest BCUT2D eigenvalue weighted by molar-refractivity contribution is 7.89. The number of amides is 2. The van der Waals surface area contributed by atoms with E-state index in [1.165, 1.54) is 18.2 Å². The van der Waals surface area contributed by atoms with E-state index in [4.69, 9.17) is 0 Å². The first-order valence-electron chi connectivity index (χ1n) is 13.3. The van der Waals surface area contributed by atoms with Crippen molar-refractivity contribution in [3.8, 4) is 0 Å². The van der Waals surface area contributed by atoms with Crippen molar-refractivity contribution < 1.29 is 27.8 Å². The maximum absolute atomic E-state index is 13.4. The van der Waals surface area contributed by atoms with Crippen LogP contribution in [-0.2, 0) is 14.8 Å². The largest absolute Gasteiger partial charge is 0.618 e. The summed E-state index contributed by atoms with van der Waals surface area (Å²) in [6.45, 7) is 5.26. The maximum atomic E-state index is 13.4. The van der Waals surface area contributed by atoms with Crippen molar-refractivity contribution in [2.45, 2.75) is 69.3 Å². The standard InChI is InChI=1S/C28H35N5O6S/c1-18(2)16-24(31-27(35)23-14-12-20-8-4-5-9-21(20)29-23)28(36)30-22-13-11-19(3)33(17-25(22)34)40(38,39)26-10-6-7-15-32(26)37/h4-10,12,14-15,18-19,22,24-25,34H,11,13,16-17H2,1-3H3,(H,30,36)(H,31,35)/t19-,22+,24+,25+/m1/s1. The molecule has 0 saturated carbocycles. The van der Waals surface area contributed by atoms with Crippen LogP contribution >= 0.6 is 0 Å². The van der Waals surface area contributed by atoms with Gasteiger partial charge in [-0.3, -0.25) is 9.59 Å². The molecular formula is C28H35N5O6S. The van der Waals surface area contributed by atoms with E-state index < -0.39 is 51.1 Å². The Labute approximate surface area is 233 Å². The molecular weight excluding hydrogens is 534 g/mol. The summed E-state index contributed by atoms with van der Waals surface area (Å²) in [5.41, 5.74) is 0.842. The Hall–Kier alpha value is -3.61. The predicted octanol–water partition coefficient (Wildman–Crippen LogP) is 1.73. The van der Waals surface area contributed by atoms with Gasteiger partial charge in [-0.05, 0) is 50.3 Å². The average Bonchev–Trinajstić information content (AvgIpc) is 3.06. The molecule has 4 atom stereocenters. The van der Waals surface area contributed by atoms with Crippen LogP contribution in [0, 0.1) is 11.1 Å². The Bertz CT molecular complexity index is 1480. The summed E-state index contributed by atoms with van der Waals surface area (Å²) in [6.07, 6.45) is 0.870. The van der Waals surface area contributed by atoms with E-state index in [-0.39, 0.29) is 22.9 Å². The third kappa shape index (κ3) is 6.57. The second kappa shape index (κ2) is 12.3. The number of rotatable bonds is 8. The van der Waals surface area contributed by atoms with Crippen LogP contribution in [0.25, 0.3) is 10.9 Å². The van der Waals surface area contributed by atoms with Crippen LogP contribution in [0.1, 0.15) is 50.5 Å². The van der Waals surface area contributed by atoms with E-state index in [0.29, 0.717) is 24.8 Å². The van der Waals surface area contributed by atoms with Gasteiger partial charge in [0.1, 0.15) is 11.7 Å². The van der Waals surface area contributed by atoms with Crippen LogP contribution in [0.5, 0.6) is 0 Å². The van der Waals surface area contributed by atoms with Crippen molar-refractivity contribution in [2.24, 2.45) is 5.92 Å². The third-order valence-corrected chi connectivity index (χ3v) is 9.04. The van der Waals surface area contributed by atoms with Crippen molar-refractivity contribution in [3.05, 3.63) is 71.7 Å². The van der Waals surface area contributed by atoms with E-state index in [2.05, 4.69) is 15.6 Å². The van der Waals surface area contributed by atoms with Crippen LogP contribution < -0.4 is 15.4 Å². The minimum absolute atomic E-state index is 0.0741. The molecule has 214 valence electrons. The van der Waals surface area contributed by atoms with Gasteiger partial charge in [-0.2, -0.15) is 9.04 Å². The highest BCUT2D eigenvalue weighted by atomic mass is 32.2. The van der Waals surface area contributed by atoms with Gasteiger partial charge in [0.05, 0.1) is 17.7 Å². The third-order valence-electron chi connectivity index (χ3n) is 7.07. The number of sulfonamides is 1. The summed E-state index contributed by atoms with van der Waals surface area (Å²) in [7, 11) is -4.20. The number of hydrogen-bond donors (Lipinski definition) is 3. The number of aromatic nitrogens is 2. The molecule has 1 saturated heterocycles. The lowest BCUT2D eigenvalue weighted by Gasteiger charge is -2.28. The second-order valence-corrected chi connectivity index (χ2v) is 12.4. The molecule has 1 aliphatic rings. The summed E-state index contributed by atoms with van der Waals surface area (Å²) in [5, 5.41) is 29.2. The Morgan fingerprint density at radius 1 is 1.12 bits per heavy atom. The minimum atomic E-state index is -4.20. The molecule has 0 aliphatic carbocycles. The summed E-state index contributed by atoms with van der Waals surface area (Å²) in [5.74, 6) is -0.895. The highest BCUT2D eigenvalue weighted by Crippen LogP contribution is 2.24. The van der Waals surface area contributed by atoms with Gasteiger partial charge in [0.15, 0.2) is 6.20 Å². The lowest BCUT2D eigenvalue weighted by molar-refractivity contribution is -0.646. The Morgan fingerprint density at radius 3 is 2.58 bits per heavy atom. The van der Waals surface area contributed by atoms with E-state index in [9.17, 15) is 28.3 Å². The molecule has 3 aromatic rings. The van der Waals surface area contributed by atoms with Gasteiger partial charge in [0.2, 0.25) is 5.91 Å². The molecule has 0 spiro atoms. The average molecular weight is 570 g/mol. The molecule has 40 heavy (non-hydrogen) atoms. The second-order valence-electron chi connectivity index (χ2n) is 10.6. The quantitative estimate of drug-likeness (QED) is 0.276. The van der Waals surface area contributed by atoms with Gasteiger partial charge in [0.25, 0.3) is 5.91 Å². The number of hydrogen-bond acceptors (Lipinski definition) is 7. The van der Waals surface area contributed by atoms with Crippen LogP contribution in [0.2, 0.25) is 0 Å². The first-order chi connectivity index (χ1) is 19.0. The van der Waals surface area contributed by atoms with Crippen LogP contribution in [0.15, 0.2) is 65.8 Å².